The predicted molar refractivity (Wildman–Crippen MR) is 77.8 cm³/mol. The third kappa shape index (κ3) is 3.66. The van der Waals surface area contributed by atoms with Crippen molar-refractivity contribution in [2.24, 2.45) is 5.10 Å². The first-order valence-electron chi connectivity index (χ1n) is 5.48. The summed E-state index contributed by atoms with van der Waals surface area (Å²) in [4.78, 5) is 23.3. The first-order chi connectivity index (χ1) is 9.56. The minimum absolute atomic E-state index is 0.215. The smallest absolute Gasteiger partial charge is 0.345 e. The van der Waals surface area contributed by atoms with Gasteiger partial charge in [-0.25, -0.2) is 10.2 Å². The lowest BCUT2D eigenvalue weighted by Gasteiger charge is -1.99. The summed E-state index contributed by atoms with van der Waals surface area (Å²) in [5.74, 6) is -1.38. The highest BCUT2D eigenvalue weighted by molar-refractivity contribution is 7.15. The number of hydrogen-bond donors (Lipinski definition) is 2. The fraction of sp³-hybridized carbons (Fsp3) is 0. The van der Waals surface area contributed by atoms with Crippen LogP contribution in [0, 0.1) is 0 Å². The second-order valence-electron chi connectivity index (χ2n) is 3.72. The first-order valence-corrected chi connectivity index (χ1v) is 6.68. The molecular weight excluding hydrogens is 300 g/mol. The molecule has 2 aromatic rings. The largest absolute Gasteiger partial charge is 0.477 e. The van der Waals surface area contributed by atoms with E-state index in [9.17, 15) is 9.59 Å². The second kappa shape index (κ2) is 6.31. The van der Waals surface area contributed by atoms with Gasteiger partial charge in [0.25, 0.3) is 5.91 Å². The third-order valence-corrected chi connectivity index (χ3v) is 3.53. The maximum atomic E-state index is 11.7. The molecule has 0 aliphatic carbocycles. The van der Waals surface area contributed by atoms with Crippen molar-refractivity contribution in [2.75, 3.05) is 0 Å². The summed E-state index contributed by atoms with van der Waals surface area (Å²) in [7, 11) is 0. The molecule has 20 heavy (non-hydrogen) atoms. The van der Waals surface area contributed by atoms with E-state index in [4.69, 9.17) is 16.7 Å². The normalized spacial score (nSPS) is 10.7. The van der Waals surface area contributed by atoms with Gasteiger partial charge in [0.15, 0.2) is 0 Å². The molecule has 0 bridgehead atoms. The zero-order valence-electron chi connectivity index (χ0n) is 10.0. The summed E-state index contributed by atoms with van der Waals surface area (Å²) in [5, 5.41) is 13.0. The molecule has 0 saturated carbocycles. The lowest BCUT2D eigenvalue weighted by molar-refractivity contribution is 0.0702. The molecule has 0 atom stereocenters. The quantitative estimate of drug-likeness (QED) is 0.673. The molecule has 2 N–H and O–H groups in total. The minimum atomic E-state index is -0.988. The van der Waals surface area contributed by atoms with Crippen LogP contribution in [0.1, 0.15) is 24.9 Å². The van der Waals surface area contributed by atoms with Crippen LogP contribution in [-0.4, -0.2) is 23.2 Å². The number of thiophene rings is 1. The lowest BCUT2D eigenvalue weighted by atomic mass is 10.2. The molecule has 0 aliphatic rings. The van der Waals surface area contributed by atoms with E-state index in [1.54, 1.807) is 24.3 Å². The SMILES string of the molecule is O=C(N/N=C/c1ccc(C(=O)O)s1)c1cccc(Cl)c1. The summed E-state index contributed by atoms with van der Waals surface area (Å²) in [5.41, 5.74) is 2.74. The topological polar surface area (TPSA) is 78.8 Å². The van der Waals surface area contributed by atoms with Gasteiger partial charge in [-0.3, -0.25) is 4.79 Å². The number of carbonyl (C=O) groups excluding carboxylic acids is 1. The van der Waals surface area contributed by atoms with Gasteiger partial charge in [0, 0.05) is 15.5 Å². The molecule has 7 heteroatoms. The van der Waals surface area contributed by atoms with Crippen LogP contribution in [0.2, 0.25) is 5.02 Å². The number of nitrogens with zero attached hydrogens (tertiary/aromatic N) is 1. The van der Waals surface area contributed by atoms with Gasteiger partial charge in [0.1, 0.15) is 4.88 Å². The van der Waals surface area contributed by atoms with Crippen LogP contribution in [0.4, 0.5) is 0 Å². The number of hydrogen-bond acceptors (Lipinski definition) is 4. The maximum absolute atomic E-state index is 11.7. The minimum Gasteiger partial charge on any atom is -0.477 e. The highest BCUT2D eigenvalue weighted by Gasteiger charge is 2.06. The Labute approximate surface area is 123 Å². The number of carboxylic acid groups (broad SMARTS) is 1. The molecular formula is C13H9ClN2O3S. The van der Waals surface area contributed by atoms with Gasteiger partial charge in [0.05, 0.1) is 6.21 Å². The zero-order chi connectivity index (χ0) is 14.5. The summed E-state index contributed by atoms with van der Waals surface area (Å²) in [6.45, 7) is 0. The van der Waals surface area contributed by atoms with E-state index in [0.29, 0.717) is 15.5 Å². The molecule has 1 heterocycles. The van der Waals surface area contributed by atoms with E-state index in [1.165, 1.54) is 18.3 Å². The molecule has 5 nitrogen and oxygen atoms in total. The molecule has 102 valence electrons. The molecule has 1 amide bonds. The van der Waals surface area contributed by atoms with Crippen LogP contribution in [0.5, 0.6) is 0 Å². The van der Waals surface area contributed by atoms with Gasteiger partial charge < -0.3 is 5.11 Å². The number of aromatic carboxylic acids is 1. The number of carbonyl (C=O) groups is 2. The molecule has 1 aromatic carbocycles. The summed E-state index contributed by atoms with van der Waals surface area (Å²) in [6, 6.07) is 9.57. The van der Waals surface area contributed by atoms with Crippen LogP contribution in [0.15, 0.2) is 41.5 Å². The zero-order valence-corrected chi connectivity index (χ0v) is 11.6. The number of nitrogens with one attached hydrogen (secondary N) is 1. The van der Waals surface area contributed by atoms with Crippen molar-refractivity contribution in [3.63, 3.8) is 0 Å². The third-order valence-electron chi connectivity index (χ3n) is 2.28. The number of benzene rings is 1. The Kier molecular flexibility index (Phi) is 4.49. The number of halogens is 1. The first kappa shape index (κ1) is 14.2. The van der Waals surface area contributed by atoms with Crippen LogP contribution in [0.3, 0.4) is 0 Å². The second-order valence-corrected chi connectivity index (χ2v) is 5.27. The predicted octanol–water partition coefficient (Wildman–Crippen LogP) is 2.86. The Morgan fingerprint density at radius 2 is 2.10 bits per heavy atom. The van der Waals surface area contributed by atoms with E-state index >= 15 is 0 Å². The average Bonchev–Trinajstić information content (AvgIpc) is 2.87. The van der Waals surface area contributed by atoms with Crippen LogP contribution < -0.4 is 5.43 Å². The molecule has 0 aliphatic heterocycles. The number of hydrazone groups is 1. The van der Waals surface area contributed by atoms with Crippen molar-refractivity contribution in [3.05, 3.63) is 56.7 Å². The monoisotopic (exact) mass is 308 g/mol. The molecule has 0 unspecified atom stereocenters. The Morgan fingerprint density at radius 1 is 1.30 bits per heavy atom. The van der Waals surface area contributed by atoms with E-state index < -0.39 is 11.9 Å². The van der Waals surface area contributed by atoms with E-state index in [0.717, 1.165) is 11.3 Å². The van der Waals surface area contributed by atoms with Crippen LogP contribution in [-0.2, 0) is 0 Å². The highest BCUT2D eigenvalue weighted by atomic mass is 35.5. The lowest BCUT2D eigenvalue weighted by Crippen LogP contribution is -2.17. The van der Waals surface area contributed by atoms with Gasteiger partial charge in [0.2, 0.25) is 0 Å². The van der Waals surface area contributed by atoms with Gasteiger partial charge in [-0.2, -0.15) is 5.10 Å². The molecule has 2 rings (SSSR count). The number of amides is 1. The van der Waals surface area contributed by atoms with Gasteiger partial charge in [-0.05, 0) is 30.3 Å². The average molecular weight is 309 g/mol. The fourth-order valence-corrected chi connectivity index (χ4v) is 2.30. The fourth-order valence-electron chi connectivity index (χ4n) is 1.39. The van der Waals surface area contributed by atoms with Crippen molar-refractivity contribution in [1.82, 2.24) is 5.43 Å². The van der Waals surface area contributed by atoms with Crippen molar-refractivity contribution in [2.45, 2.75) is 0 Å². The molecule has 1 aromatic heterocycles. The maximum Gasteiger partial charge on any atom is 0.345 e. The Hall–Kier alpha value is -2.18. The summed E-state index contributed by atoms with van der Waals surface area (Å²) < 4.78 is 0. The van der Waals surface area contributed by atoms with Gasteiger partial charge in [-0.1, -0.05) is 17.7 Å². The van der Waals surface area contributed by atoms with E-state index in [1.807, 2.05) is 0 Å². The van der Waals surface area contributed by atoms with Crippen molar-refractivity contribution in [3.8, 4) is 0 Å². The Morgan fingerprint density at radius 3 is 2.75 bits per heavy atom. The van der Waals surface area contributed by atoms with Crippen molar-refractivity contribution >= 4 is 41.0 Å². The van der Waals surface area contributed by atoms with Crippen LogP contribution in [0.25, 0.3) is 0 Å². The van der Waals surface area contributed by atoms with Crippen molar-refractivity contribution in [1.29, 1.82) is 0 Å². The number of rotatable bonds is 4. The molecule has 0 fully saturated rings. The standard InChI is InChI=1S/C13H9ClN2O3S/c14-9-3-1-2-8(6-9)12(17)16-15-7-10-4-5-11(20-10)13(18)19/h1-7H,(H,16,17)(H,18,19)/b15-7+. The number of carboxylic acids is 1. The highest BCUT2D eigenvalue weighted by Crippen LogP contribution is 2.14. The summed E-state index contributed by atoms with van der Waals surface area (Å²) >= 11 is 6.85. The molecule has 0 radical (unpaired) electrons. The Balaban J connectivity index is 1.99. The molecule has 0 saturated heterocycles. The Bertz CT molecular complexity index is 682. The summed E-state index contributed by atoms with van der Waals surface area (Å²) in [6.07, 6.45) is 1.39. The van der Waals surface area contributed by atoms with E-state index in [-0.39, 0.29) is 4.88 Å². The van der Waals surface area contributed by atoms with Gasteiger partial charge in [-0.15, -0.1) is 11.3 Å². The molecule has 0 spiro atoms. The van der Waals surface area contributed by atoms with Crippen LogP contribution >= 0.6 is 22.9 Å². The van der Waals surface area contributed by atoms with Gasteiger partial charge >= 0.3 is 5.97 Å². The van der Waals surface area contributed by atoms with Crippen molar-refractivity contribution < 1.29 is 14.7 Å². The van der Waals surface area contributed by atoms with E-state index in [2.05, 4.69) is 10.5 Å².